The van der Waals surface area contributed by atoms with Gasteiger partial charge in [0, 0.05) is 0 Å². The van der Waals surface area contributed by atoms with Gasteiger partial charge in [0.15, 0.2) is 11.7 Å². The molecule has 0 aliphatic heterocycles. The summed E-state index contributed by atoms with van der Waals surface area (Å²) in [4.78, 5) is 42.0. The largest absolute Gasteiger partial charge is 0.476 e. The van der Waals surface area contributed by atoms with E-state index in [1.807, 2.05) is 0 Å². The van der Waals surface area contributed by atoms with Crippen molar-refractivity contribution in [2.75, 3.05) is 11.9 Å². The van der Waals surface area contributed by atoms with E-state index in [1.54, 1.807) is 20.8 Å². The van der Waals surface area contributed by atoms with Gasteiger partial charge >= 0.3 is 11.8 Å². The van der Waals surface area contributed by atoms with Crippen LogP contribution in [-0.4, -0.2) is 39.5 Å². The van der Waals surface area contributed by atoms with Gasteiger partial charge < -0.3 is 19.6 Å². The maximum Gasteiger partial charge on any atom is 0.406 e. The van der Waals surface area contributed by atoms with Gasteiger partial charge in [0.25, 0.3) is 5.91 Å². The van der Waals surface area contributed by atoms with Crippen molar-refractivity contribution < 1.29 is 24.0 Å². The molecule has 1 amide bonds. The summed E-state index contributed by atoms with van der Waals surface area (Å²) < 4.78 is 10.2. The fourth-order valence-electron chi connectivity index (χ4n) is 1.84. The number of nitrogens with zero attached hydrogens (tertiary/aromatic N) is 3. The number of ether oxygens (including phenoxy) is 2. The molecular formula is C15H16N4O6S. The zero-order valence-electron chi connectivity index (χ0n) is 14.2. The standard InChI is InChI=1S/C15H16N4O6S/c1-8(2)25-14(21)12-9(3)17-15(26-12)18-11(20)7-24-10-5-4-6-16-13(10)19(22)23/h4-6,8H,7H2,1-3H3,(H,17,18,20). The van der Waals surface area contributed by atoms with E-state index in [1.165, 1.54) is 18.3 Å². The number of hydrogen-bond acceptors (Lipinski definition) is 9. The van der Waals surface area contributed by atoms with E-state index in [2.05, 4.69) is 15.3 Å². The van der Waals surface area contributed by atoms with E-state index in [9.17, 15) is 19.7 Å². The van der Waals surface area contributed by atoms with Crippen LogP contribution in [0.25, 0.3) is 0 Å². The highest BCUT2D eigenvalue weighted by Gasteiger charge is 2.20. The van der Waals surface area contributed by atoms with Crippen LogP contribution in [0, 0.1) is 17.0 Å². The average molecular weight is 380 g/mol. The van der Waals surface area contributed by atoms with Crippen molar-refractivity contribution in [1.29, 1.82) is 0 Å². The van der Waals surface area contributed by atoms with Crippen LogP contribution in [0.3, 0.4) is 0 Å². The molecule has 11 heteroatoms. The summed E-state index contributed by atoms with van der Waals surface area (Å²) in [5, 5.41) is 13.5. The van der Waals surface area contributed by atoms with Gasteiger partial charge in [-0.25, -0.2) is 9.78 Å². The first kappa shape index (κ1) is 19.2. The minimum Gasteiger partial charge on any atom is -0.476 e. The molecular weight excluding hydrogens is 364 g/mol. The Hall–Kier alpha value is -3.08. The van der Waals surface area contributed by atoms with Gasteiger partial charge in [0.1, 0.15) is 11.1 Å². The van der Waals surface area contributed by atoms with Crippen molar-refractivity contribution in [2.24, 2.45) is 0 Å². The number of aryl methyl sites for hydroxylation is 1. The summed E-state index contributed by atoms with van der Waals surface area (Å²) in [6.45, 7) is 4.60. The fraction of sp³-hybridized carbons (Fsp3) is 0.333. The number of esters is 1. The van der Waals surface area contributed by atoms with Crippen molar-refractivity contribution in [1.82, 2.24) is 9.97 Å². The topological polar surface area (TPSA) is 134 Å². The molecule has 1 N–H and O–H groups in total. The monoisotopic (exact) mass is 380 g/mol. The molecule has 0 aliphatic rings. The minimum absolute atomic E-state index is 0.121. The molecule has 0 unspecified atom stereocenters. The third kappa shape index (κ3) is 4.96. The molecule has 2 rings (SSSR count). The van der Waals surface area contributed by atoms with Gasteiger partial charge in [-0.2, -0.15) is 0 Å². The molecule has 0 bridgehead atoms. The number of rotatable bonds is 7. The van der Waals surface area contributed by atoms with E-state index >= 15 is 0 Å². The highest BCUT2D eigenvalue weighted by atomic mass is 32.1. The molecule has 138 valence electrons. The second kappa shape index (κ2) is 8.34. The molecule has 0 fully saturated rings. The van der Waals surface area contributed by atoms with Crippen molar-refractivity contribution in [3.8, 4) is 5.75 Å². The number of carbonyl (C=O) groups excluding carboxylic acids is 2. The number of anilines is 1. The van der Waals surface area contributed by atoms with Crippen molar-refractivity contribution in [2.45, 2.75) is 26.9 Å². The Kier molecular flexibility index (Phi) is 6.17. The van der Waals surface area contributed by atoms with Crippen molar-refractivity contribution in [3.63, 3.8) is 0 Å². The Morgan fingerprint density at radius 3 is 2.81 bits per heavy atom. The quantitative estimate of drug-likeness (QED) is 0.439. The predicted octanol–water partition coefficient (Wildman–Crippen LogP) is 2.34. The molecule has 0 aliphatic carbocycles. The number of carbonyl (C=O) groups is 2. The van der Waals surface area contributed by atoms with Gasteiger partial charge in [-0.05, 0) is 42.8 Å². The normalized spacial score (nSPS) is 10.5. The maximum absolute atomic E-state index is 12.0. The molecule has 0 saturated carbocycles. The lowest BCUT2D eigenvalue weighted by Gasteiger charge is -2.06. The molecule has 0 radical (unpaired) electrons. The van der Waals surface area contributed by atoms with Gasteiger partial charge in [0.05, 0.1) is 11.8 Å². The number of nitrogens with one attached hydrogen (secondary N) is 1. The maximum atomic E-state index is 12.0. The van der Waals surface area contributed by atoms with Gasteiger partial charge in [-0.1, -0.05) is 11.3 Å². The highest BCUT2D eigenvalue weighted by molar-refractivity contribution is 7.17. The van der Waals surface area contributed by atoms with Crippen LogP contribution in [-0.2, 0) is 9.53 Å². The zero-order valence-corrected chi connectivity index (χ0v) is 15.0. The summed E-state index contributed by atoms with van der Waals surface area (Å²) in [5.41, 5.74) is 0.430. The van der Waals surface area contributed by atoms with E-state index in [0.717, 1.165) is 11.3 Å². The number of aromatic nitrogens is 2. The van der Waals surface area contributed by atoms with Crippen molar-refractivity contribution in [3.05, 3.63) is 39.0 Å². The molecule has 26 heavy (non-hydrogen) atoms. The average Bonchev–Trinajstić information content (AvgIpc) is 2.93. The molecule has 0 saturated heterocycles. The lowest BCUT2D eigenvalue weighted by atomic mass is 10.4. The molecule has 0 spiro atoms. The van der Waals surface area contributed by atoms with Gasteiger partial charge in [-0.15, -0.1) is 0 Å². The van der Waals surface area contributed by atoms with E-state index < -0.39 is 29.2 Å². The van der Waals surface area contributed by atoms with E-state index in [4.69, 9.17) is 9.47 Å². The Morgan fingerprint density at radius 2 is 2.15 bits per heavy atom. The van der Waals surface area contributed by atoms with Crippen LogP contribution in [0.4, 0.5) is 10.9 Å². The summed E-state index contributed by atoms with van der Waals surface area (Å²) in [5.74, 6) is -1.70. The van der Waals surface area contributed by atoms with E-state index in [0.29, 0.717) is 5.69 Å². The summed E-state index contributed by atoms with van der Waals surface area (Å²) in [6.07, 6.45) is 0.979. The molecule has 2 aromatic heterocycles. The second-order valence-electron chi connectivity index (χ2n) is 5.31. The third-order valence-electron chi connectivity index (χ3n) is 2.85. The predicted molar refractivity (Wildman–Crippen MR) is 92.4 cm³/mol. The molecule has 2 heterocycles. The lowest BCUT2D eigenvalue weighted by molar-refractivity contribution is -0.390. The molecule has 0 aromatic carbocycles. The van der Waals surface area contributed by atoms with Crippen LogP contribution in [0.1, 0.15) is 29.2 Å². The van der Waals surface area contributed by atoms with Crippen LogP contribution in [0.15, 0.2) is 18.3 Å². The Bertz CT molecular complexity index is 835. The smallest absolute Gasteiger partial charge is 0.406 e. The van der Waals surface area contributed by atoms with Gasteiger partial charge in [-0.3, -0.25) is 10.1 Å². The van der Waals surface area contributed by atoms with Gasteiger partial charge in [0.2, 0.25) is 5.75 Å². The number of pyridine rings is 1. The van der Waals surface area contributed by atoms with Crippen molar-refractivity contribution >= 4 is 34.2 Å². The van der Waals surface area contributed by atoms with Crippen LogP contribution >= 0.6 is 11.3 Å². The summed E-state index contributed by atoms with van der Waals surface area (Å²) in [7, 11) is 0. The summed E-state index contributed by atoms with van der Waals surface area (Å²) >= 11 is 0.974. The lowest BCUT2D eigenvalue weighted by Crippen LogP contribution is -2.20. The first-order valence-electron chi connectivity index (χ1n) is 7.48. The first-order valence-corrected chi connectivity index (χ1v) is 8.30. The number of hydrogen-bond donors (Lipinski definition) is 1. The molecule has 2 aromatic rings. The molecule has 10 nitrogen and oxygen atoms in total. The third-order valence-corrected chi connectivity index (χ3v) is 3.91. The Balaban J connectivity index is 1.99. The second-order valence-corrected chi connectivity index (χ2v) is 6.31. The highest BCUT2D eigenvalue weighted by Crippen LogP contribution is 2.25. The fourth-order valence-corrected chi connectivity index (χ4v) is 2.70. The minimum atomic E-state index is -0.704. The van der Waals surface area contributed by atoms with Crippen LogP contribution in [0.2, 0.25) is 0 Å². The zero-order chi connectivity index (χ0) is 19.3. The number of nitro groups is 1. The number of thiazole rings is 1. The number of amides is 1. The summed E-state index contributed by atoms with van der Waals surface area (Å²) in [6, 6.07) is 2.79. The van der Waals surface area contributed by atoms with E-state index in [-0.39, 0.29) is 21.9 Å². The van der Waals surface area contributed by atoms with Crippen LogP contribution in [0.5, 0.6) is 5.75 Å². The molecule has 0 atom stereocenters. The van der Waals surface area contributed by atoms with Crippen LogP contribution < -0.4 is 10.1 Å². The first-order chi connectivity index (χ1) is 12.3. The Morgan fingerprint density at radius 1 is 1.42 bits per heavy atom. The Labute approximate surface area is 152 Å². The SMILES string of the molecule is Cc1nc(NC(=O)COc2cccnc2[N+](=O)[O-])sc1C(=O)OC(C)C.